The summed E-state index contributed by atoms with van der Waals surface area (Å²) in [7, 11) is 3.24. The van der Waals surface area contributed by atoms with Crippen LogP contribution in [0.1, 0.15) is 10.5 Å². The number of rotatable bonds is 3. The molecule has 0 aliphatic heterocycles. The zero-order valence-corrected chi connectivity index (χ0v) is 14.2. The van der Waals surface area contributed by atoms with Crippen molar-refractivity contribution in [3.05, 3.63) is 36.2 Å². The first-order chi connectivity index (χ1) is 11.9. The molecule has 130 valence electrons. The van der Waals surface area contributed by atoms with Crippen LogP contribution in [0.4, 0.5) is 16.3 Å². The van der Waals surface area contributed by atoms with Gasteiger partial charge in [0.05, 0.1) is 11.7 Å². The van der Waals surface area contributed by atoms with E-state index in [0.717, 1.165) is 16.6 Å². The van der Waals surface area contributed by atoms with E-state index in [9.17, 15) is 9.59 Å². The van der Waals surface area contributed by atoms with Crippen molar-refractivity contribution in [1.82, 2.24) is 24.5 Å². The molecule has 0 unspecified atom stereocenters. The Hall–Kier alpha value is -3.36. The number of benzene rings is 1. The van der Waals surface area contributed by atoms with Gasteiger partial charge in [0.1, 0.15) is 6.54 Å². The van der Waals surface area contributed by atoms with Gasteiger partial charge in [0.15, 0.2) is 5.82 Å². The number of aryl methyl sites for hydroxylation is 1. The Kier molecular flexibility index (Phi) is 4.14. The lowest BCUT2D eigenvalue weighted by Crippen LogP contribution is -2.27. The number of hydrogen-bond donors (Lipinski definition) is 2. The van der Waals surface area contributed by atoms with E-state index in [-0.39, 0.29) is 24.3 Å². The van der Waals surface area contributed by atoms with Crippen molar-refractivity contribution in [1.29, 1.82) is 0 Å². The summed E-state index contributed by atoms with van der Waals surface area (Å²) in [4.78, 5) is 26.9. The van der Waals surface area contributed by atoms with Crippen LogP contribution in [-0.4, -0.2) is 50.5 Å². The van der Waals surface area contributed by atoms with Gasteiger partial charge in [-0.15, -0.1) is 5.10 Å². The number of hydrogen-bond acceptors (Lipinski definition) is 5. The van der Waals surface area contributed by atoms with Crippen molar-refractivity contribution in [3.8, 4) is 0 Å². The number of aromatic nitrogens is 4. The fourth-order valence-corrected chi connectivity index (χ4v) is 2.56. The van der Waals surface area contributed by atoms with Gasteiger partial charge in [0, 0.05) is 30.9 Å². The molecule has 0 radical (unpaired) electrons. The molecular formula is C16H19N7O2. The SMILES string of the molecule is Cc1cc2c(N)cccc2n1C(=O)Cn1ncc(NC(=O)N(C)C)n1. The van der Waals surface area contributed by atoms with Crippen LogP contribution in [0.5, 0.6) is 0 Å². The van der Waals surface area contributed by atoms with Gasteiger partial charge in [0.2, 0.25) is 0 Å². The van der Waals surface area contributed by atoms with Gasteiger partial charge in [-0.05, 0) is 25.1 Å². The van der Waals surface area contributed by atoms with Gasteiger partial charge in [0.25, 0.3) is 5.91 Å². The highest BCUT2D eigenvalue weighted by Crippen LogP contribution is 2.24. The number of nitrogen functional groups attached to an aromatic ring is 1. The number of nitrogens with zero attached hydrogens (tertiary/aromatic N) is 5. The summed E-state index contributed by atoms with van der Waals surface area (Å²) in [5.41, 5.74) is 8.12. The summed E-state index contributed by atoms with van der Waals surface area (Å²) < 4.78 is 1.59. The first kappa shape index (κ1) is 16.5. The van der Waals surface area contributed by atoms with Crippen LogP contribution in [0.15, 0.2) is 30.5 Å². The van der Waals surface area contributed by atoms with Crippen molar-refractivity contribution in [3.63, 3.8) is 0 Å². The second-order valence-electron chi connectivity index (χ2n) is 5.88. The van der Waals surface area contributed by atoms with Crippen LogP contribution in [0, 0.1) is 6.92 Å². The number of fused-ring (bicyclic) bond motifs is 1. The molecule has 0 bridgehead atoms. The number of carbonyl (C=O) groups excluding carboxylic acids is 2. The molecule has 3 N–H and O–H groups in total. The van der Waals surface area contributed by atoms with Crippen LogP contribution in [-0.2, 0) is 6.54 Å². The maximum atomic E-state index is 12.7. The average molecular weight is 341 g/mol. The van der Waals surface area contributed by atoms with E-state index in [0.29, 0.717) is 5.69 Å². The second-order valence-corrected chi connectivity index (χ2v) is 5.88. The molecule has 25 heavy (non-hydrogen) atoms. The maximum absolute atomic E-state index is 12.7. The number of amides is 2. The Morgan fingerprint density at radius 1 is 1.32 bits per heavy atom. The Bertz CT molecular complexity index is 955. The lowest BCUT2D eigenvalue weighted by molar-refractivity contribution is 0.0884. The van der Waals surface area contributed by atoms with Crippen molar-refractivity contribution in [2.24, 2.45) is 0 Å². The summed E-state index contributed by atoms with van der Waals surface area (Å²) in [6.07, 6.45) is 1.40. The van der Waals surface area contributed by atoms with E-state index in [4.69, 9.17) is 5.73 Å². The van der Waals surface area contributed by atoms with E-state index in [2.05, 4.69) is 15.5 Å². The molecule has 9 heteroatoms. The molecule has 0 spiro atoms. The third-order valence-electron chi connectivity index (χ3n) is 3.77. The van der Waals surface area contributed by atoms with Crippen LogP contribution < -0.4 is 11.1 Å². The van der Waals surface area contributed by atoms with Gasteiger partial charge < -0.3 is 10.6 Å². The second kappa shape index (κ2) is 6.27. The lowest BCUT2D eigenvalue weighted by atomic mass is 10.2. The van der Waals surface area contributed by atoms with E-state index >= 15 is 0 Å². The van der Waals surface area contributed by atoms with Gasteiger partial charge in [-0.2, -0.15) is 9.90 Å². The number of carbonyl (C=O) groups is 2. The van der Waals surface area contributed by atoms with Crippen molar-refractivity contribution < 1.29 is 9.59 Å². The summed E-state index contributed by atoms with van der Waals surface area (Å²) in [5.74, 6) is 0.0871. The monoisotopic (exact) mass is 341 g/mol. The molecule has 2 amide bonds. The molecule has 0 atom stereocenters. The lowest BCUT2D eigenvalue weighted by Gasteiger charge is -2.09. The summed E-state index contributed by atoms with van der Waals surface area (Å²) in [5, 5.41) is 11.5. The van der Waals surface area contributed by atoms with Crippen molar-refractivity contribution in [2.75, 3.05) is 25.1 Å². The molecule has 9 nitrogen and oxygen atoms in total. The summed E-state index contributed by atoms with van der Waals surface area (Å²) in [6.45, 7) is 1.79. The number of urea groups is 1. The van der Waals surface area contributed by atoms with Gasteiger partial charge in [-0.3, -0.25) is 14.7 Å². The molecule has 0 aliphatic rings. The first-order valence-electron chi connectivity index (χ1n) is 7.65. The topological polar surface area (TPSA) is 111 Å². The standard InChI is InChI=1S/C16H19N7O2/c1-10-7-11-12(17)5-4-6-13(11)23(10)15(24)9-22-18-8-14(20-22)19-16(25)21(2)3/h4-8H,9,17H2,1-3H3,(H,19,20,25). The number of anilines is 2. The minimum Gasteiger partial charge on any atom is -0.398 e. The van der Waals surface area contributed by atoms with Gasteiger partial charge in [-0.1, -0.05) is 6.07 Å². The van der Waals surface area contributed by atoms with E-state index < -0.39 is 0 Å². The van der Waals surface area contributed by atoms with Gasteiger partial charge in [-0.25, -0.2) is 4.79 Å². The molecule has 2 aromatic heterocycles. The molecule has 2 heterocycles. The Balaban J connectivity index is 1.82. The minimum atomic E-state index is -0.318. The van der Waals surface area contributed by atoms with Crippen molar-refractivity contribution in [2.45, 2.75) is 13.5 Å². The maximum Gasteiger partial charge on any atom is 0.322 e. The highest BCUT2D eigenvalue weighted by atomic mass is 16.2. The number of nitrogens with one attached hydrogen (secondary N) is 1. The normalized spacial score (nSPS) is 10.8. The highest BCUT2D eigenvalue weighted by Gasteiger charge is 2.16. The molecule has 0 saturated heterocycles. The zero-order chi connectivity index (χ0) is 18.1. The molecule has 3 aromatic rings. The molecule has 0 aliphatic carbocycles. The van der Waals surface area contributed by atoms with Crippen LogP contribution in [0.25, 0.3) is 10.9 Å². The molecule has 3 rings (SSSR count). The van der Waals surface area contributed by atoms with Crippen LogP contribution in [0.3, 0.4) is 0 Å². The fourth-order valence-electron chi connectivity index (χ4n) is 2.56. The predicted octanol–water partition coefficient (Wildman–Crippen LogP) is 1.56. The predicted molar refractivity (Wildman–Crippen MR) is 94.4 cm³/mol. The zero-order valence-electron chi connectivity index (χ0n) is 14.2. The first-order valence-corrected chi connectivity index (χ1v) is 7.65. The van der Waals surface area contributed by atoms with E-state index in [1.165, 1.54) is 15.9 Å². The summed E-state index contributed by atoms with van der Waals surface area (Å²) in [6, 6.07) is 7.01. The molecule has 1 aromatic carbocycles. The Labute approximate surface area is 144 Å². The Morgan fingerprint density at radius 3 is 2.80 bits per heavy atom. The molecular weight excluding hydrogens is 322 g/mol. The third kappa shape index (κ3) is 3.16. The number of nitrogens with two attached hydrogens (primary N) is 1. The minimum absolute atomic E-state index is 0.0583. The largest absolute Gasteiger partial charge is 0.398 e. The van der Waals surface area contributed by atoms with Crippen molar-refractivity contribution >= 4 is 34.3 Å². The quantitative estimate of drug-likeness (QED) is 0.702. The average Bonchev–Trinajstić information content (AvgIpc) is 3.11. The van der Waals surface area contributed by atoms with Crippen LogP contribution in [0.2, 0.25) is 0 Å². The van der Waals surface area contributed by atoms with E-state index in [1.54, 1.807) is 24.7 Å². The summed E-state index contributed by atoms with van der Waals surface area (Å²) >= 11 is 0. The highest BCUT2D eigenvalue weighted by molar-refractivity contribution is 5.99. The molecule has 0 fully saturated rings. The third-order valence-corrected chi connectivity index (χ3v) is 3.77. The molecule has 0 saturated carbocycles. The Morgan fingerprint density at radius 2 is 2.08 bits per heavy atom. The van der Waals surface area contributed by atoms with Gasteiger partial charge >= 0.3 is 6.03 Å². The fraction of sp³-hybridized carbons (Fsp3) is 0.250. The van der Waals surface area contributed by atoms with Crippen LogP contribution >= 0.6 is 0 Å². The smallest absolute Gasteiger partial charge is 0.322 e. The van der Waals surface area contributed by atoms with E-state index in [1.807, 2.05) is 25.1 Å².